The fraction of sp³-hybridized carbons (Fsp3) is 0.333. The zero-order valence-corrected chi connectivity index (χ0v) is 12.9. The van der Waals surface area contributed by atoms with Crippen LogP contribution in [-0.2, 0) is 16.1 Å². The van der Waals surface area contributed by atoms with Crippen molar-refractivity contribution < 1.29 is 14.3 Å². The number of amides is 2. The standard InChI is InChI=1S/C15H17N5O3/c1-9-16-15-18-14(22)10(8-20(15)19-9)7-13(21)17-11-5-3-4-6-12(11)23-2/h3-6,10H,7-8H2,1-2H3,(H,17,21)(H,16,18,19,22)/t10-/m0/s1. The minimum atomic E-state index is -0.488. The van der Waals surface area contributed by atoms with Crippen LogP contribution in [-0.4, -0.2) is 33.7 Å². The number of rotatable bonds is 4. The summed E-state index contributed by atoms with van der Waals surface area (Å²) in [5.74, 6) is 0.616. The van der Waals surface area contributed by atoms with Crippen molar-refractivity contribution in [2.75, 3.05) is 17.7 Å². The molecule has 2 aromatic rings. The van der Waals surface area contributed by atoms with Crippen LogP contribution in [0.3, 0.4) is 0 Å². The summed E-state index contributed by atoms with van der Waals surface area (Å²) in [6.45, 7) is 2.09. The first-order chi connectivity index (χ1) is 11.1. The molecule has 2 heterocycles. The fourth-order valence-electron chi connectivity index (χ4n) is 2.51. The zero-order valence-electron chi connectivity index (χ0n) is 12.9. The normalized spacial score (nSPS) is 16.4. The number of carbonyl (C=O) groups is 2. The van der Waals surface area contributed by atoms with Gasteiger partial charge in [0.2, 0.25) is 17.8 Å². The van der Waals surface area contributed by atoms with Gasteiger partial charge in [-0.2, -0.15) is 10.1 Å². The van der Waals surface area contributed by atoms with Crippen molar-refractivity contribution in [2.45, 2.75) is 19.9 Å². The molecule has 0 bridgehead atoms. The van der Waals surface area contributed by atoms with Gasteiger partial charge in [-0.3, -0.25) is 14.9 Å². The summed E-state index contributed by atoms with van der Waals surface area (Å²) in [4.78, 5) is 28.4. The maximum atomic E-state index is 12.2. The molecule has 2 amide bonds. The Kier molecular flexibility index (Phi) is 3.96. The molecule has 0 fully saturated rings. The lowest BCUT2D eigenvalue weighted by atomic mass is 10.0. The molecule has 8 heteroatoms. The molecule has 1 atom stereocenters. The number of methoxy groups -OCH3 is 1. The van der Waals surface area contributed by atoms with Crippen LogP contribution in [0.25, 0.3) is 0 Å². The molecular weight excluding hydrogens is 298 g/mol. The second-order valence-corrected chi connectivity index (χ2v) is 5.30. The number of carbonyl (C=O) groups excluding carboxylic acids is 2. The first kappa shape index (κ1) is 15.0. The van der Waals surface area contributed by atoms with Gasteiger partial charge in [-0.25, -0.2) is 4.68 Å². The topological polar surface area (TPSA) is 98.1 Å². The summed E-state index contributed by atoms with van der Waals surface area (Å²) in [5, 5.41) is 9.63. The number of nitrogens with zero attached hydrogens (tertiary/aromatic N) is 3. The van der Waals surface area contributed by atoms with Crippen LogP contribution in [0.5, 0.6) is 5.75 Å². The third kappa shape index (κ3) is 3.15. The van der Waals surface area contributed by atoms with Gasteiger partial charge < -0.3 is 10.1 Å². The smallest absolute Gasteiger partial charge is 0.232 e. The van der Waals surface area contributed by atoms with Gasteiger partial charge in [-0.1, -0.05) is 12.1 Å². The fourth-order valence-corrected chi connectivity index (χ4v) is 2.51. The first-order valence-corrected chi connectivity index (χ1v) is 7.22. The van der Waals surface area contributed by atoms with Crippen LogP contribution < -0.4 is 15.4 Å². The van der Waals surface area contributed by atoms with E-state index < -0.39 is 5.92 Å². The predicted molar refractivity (Wildman–Crippen MR) is 83.1 cm³/mol. The van der Waals surface area contributed by atoms with E-state index in [0.717, 1.165) is 0 Å². The van der Waals surface area contributed by atoms with Gasteiger partial charge in [0.05, 0.1) is 25.3 Å². The number of hydrogen-bond acceptors (Lipinski definition) is 5. The van der Waals surface area contributed by atoms with Crippen LogP contribution in [0.1, 0.15) is 12.2 Å². The molecule has 3 rings (SSSR count). The molecule has 0 aliphatic carbocycles. The van der Waals surface area contributed by atoms with E-state index in [1.54, 1.807) is 29.8 Å². The van der Waals surface area contributed by atoms with E-state index in [0.29, 0.717) is 29.8 Å². The molecule has 2 N–H and O–H groups in total. The highest BCUT2D eigenvalue weighted by atomic mass is 16.5. The van der Waals surface area contributed by atoms with E-state index >= 15 is 0 Å². The van der Waals surface area contributed by atoms with Gasteiger partial charge in [-0.15, -0.1) is 0 Å². The van der Waals surface area contributed by atoms with E-state index in [1.165, 1.54) is 7.11 Å². The van der Waals surface area contributed by atoms with Crippen LogP contribution in [0.4, 0.5) is 11.6 Å². The Hall–Kier alpha value is -2.90. The highest BCUT2D eigenvalue weighted by molar-refractivity contribution is 5.98. The van der Waals surface area contributed by atoms with Crippen LogP contribution in [0.15, 0.2) is 24.3 Å². The van der Waals surface area contributed by atoms with Gasteiger partial charge in [-0.05, 0) is 19.1 Å². The van der Waals surface area contributed by atoms with Crippen molar-refractivity contribution in [3.63, 3.8) is 0 Å². The third-order valence-electron chi connectivity index (χ3n) is 3.59. The molecule has 1 aliphatic rings. The Labute approximate surface area is 132 Å². The zero-order chi connectivity index (χ0) is 16.4. The van der Waals surface area contributed by atoms with Gasteiger partial charge in [0.15, 0.2) is 0 Å². The number of aryl methyl sites for hydroxylation is 1. The average Bonchev–Trinajstić information content (AvgIpc) is 2.87. The predicted octanol–water partition coefficient (Wildman–Crippen LogP) is 1.19. The van der Waals surface area contributed by atoms with Crippen molar-refractivity contribution in [2.24, 2.45) is 5.92 Å². The van der Waals surface area contributed by atoms with Gasteiger partial charge in [0.25, 0.3) is 0 Å². The third-order valence-corrected chi connectivity index (χ3v) is 3.59. The number of nitrogens with one attached hydrogen (secondary N) is 2. The molecule has 0 radical (unpaired) electrons. The lowest BCUT2D eigenvalue weighted by molar-refractivity contribution is -0.126. The van der Waals surface area contributed by atoms with Crippen molar-refractivity contribution in [1.82, 2.24) is 14.8 Å². The SMILES string of the molecule is COc1ccccc1NC(=O)C[C@H]1Cn2nc(C)nc2NC1=O. The highest BCUT2D eigenvalue weighted by Gasteiger charge is 2.30. The number of ether oxygens (including phenoxy) is 1. The van der Waals surface area contributed by atoms with E-state index in [2.05, 4.69) is 20.7 Å². The Morgan fingerprint density at radius 2 is 2.26 bits per heavy atom. The second-order valence-electron chi connectivity index (χ2n) is 5.30. The van der Waals surface area contributed by atoms with Crippen LogP contribution in [0, 0.1) is 12.8 Å². The van der Waals surface area contributed by atoms with E-state index in [-0.39, 0.29) is 18.2 Å². The van der Waals surface area contributed by atoms with Gasteiger partial charge >= 0.3 is 0 Å². The number of hydrogen-bond donors (Lipinski definition) is 2. The summed E-state index contributed by atoms with van der Waals surface area (Å²) in [6, 6.07) is 7.12. The Bertz CT molecular complexity index is 755. The van der Waals surface area contributed by atoms with Crippen molar-refractivity contribution >= 4 is 23.5 Å². The molecule has 0 unspecified atom stereocenters. The maximum Gasteiger partial charge on any atom is 0.232 e. The summed E-state index contributed by atoms with van der Waals surface area (Å²) in [7, 11) is 1.54. The molecular formula is C15H17N5O3. The average molecular weight is 315 g/mol. The molecule has 1 aromatic carbocycles. The quantitative estimate of drug-likeness (QED) is 0.883. The molecule has 1 aliphatic heterocycles. The number of anilines is 2. The minimum absolute atomic E-state index is 0.0578. The number of aromatic nitrogens is 3. The summed E-state index contributed by atoms with van der Waals surface area (Å²) < 4.78 is 6.80. The molecule has 8 nitrogen and oxygen atoms in total. The largest absolute Gasteiger partial charge is 0.495 e. The lowest BCUT2D eigenvalue weighted by Crippen LogP contribution is -2.36. The van der Waals surface area contributed by atoms with E-state index in [1.807, 2.05) is 6.07 Å². The number of benzene rings is 1. The molecule has 23 heavy (non-hydrogen) atoms. The van der Waals surface area contributed by atoms with E-state index in [4.69, 9.17) is 4.74 Å². The molecule has 120 valence electrons. The van der Waals surface area contributed by atoms with Gasteiger partial charge in [0, 0.05) is 6.42 Å². The Morgan fingerprint density at radius 3 is 3.04 bits per heavy atom. The Morgan fingerprint density at radius 1 is 1.48 bits per heavy atom. The summed E-state index contributed by atoms with van der Waals surface area (Å²) in [6.07, 6.45) is 0.0578. The van der Waals surface area contributed by atoms with Crippen LogP contribution >= 0.6 is 0 Å². The monoisotopic (exact) mass is 315 g/mol. The maximum absolute atomic E-state index is 12.2. The van der Waals surface area contributed by atoms with Crippen molar-refractivity contribution in [3.05, 3.63) is 30.1 Å². The van der Waals surface area contributed by atoms with Crippen molar-refractivity contribution in [1.29, 1.82) is 0 Å². The van der Waals surface area contributed by atoms with Crippen LogP contribution in [0.2, 0.25) is 0 Å². The molecule has 0 spiro atoms. The van der Waals surface area contributed by atoms with Crippen molar-refractivity contribution in [3.8, 4) is 5.75 Å². The number of fused-ring (bicyclic) bond motifs is 1. The summed E-state index contributed by atoms with van der Waals surface area (Å²) >= 11 is 0. The minimum Gasteiger partial charge on any atom is -0.495 e. The molecule has 1 aromatic heterocycles. The van der Waals surface area contributed by atoms with E-state index in [9.17, 15) is 9.59 Å². The molecule has 0 saturated heterocycles. The molecule has 0 saturated carbocycles. The second kappa shape index (κ2) is 6.07. The van der Waals surface area contributed by atoms with Gasteiger partial charge in [0.1, 0.15) is 11.6 Å². The highest BCUT2D eigenvalue weighted by Crippen LogP contribution is 2.24. The Balaban J connectivity index is 1.67. The lowest BCUT2D eigenvalue weighted by Gasteiger charge is -2.21. The summed E-state index contributed by atoms with van der Waals surface area (Å²) in [5.41, 5.74) is 0.577. The number of para-hydroxylation sites is 2. The first-order valence-electron chi connectivity index (χ1n) is 7.22.